The maximum Gasteiger partial charge on any atom is 0.239 e. The Hall–Kier alpha value is -1.65. The van der Waals surface area contributed by atoms with Crippen LogP contribution in [0.3, 0.4) is 0 Å². The van der Waals surface area contributed by atoms with Crippen LogP contribution in [0.15, 0.2) is 18.2 Å². The van der Waals surface area contributed by atoms with Crippen molar-refractivity contribution in [3.63, 3.8) is 0 Å². The molecule has 1 rings (SSSR count). The van der Waals surface area contributed by atoms with Gasteiger partial charge < -0.3 is 10.6 Å². The van der Waals surface area contributed by atoms with Gasteiger partial charge in [0.05, 0.1) is 12.2 Å². The van der Waals surface area contributed by atoms with Gasteiger partial charge in [0.25, 0.3) is 0 Å². The van der Waals surface area contributed by atoms with Gasteiger partial charge in [-0.15, -0.1) is 0 Å². The molecule has 0 spiro atoms. The molecule has 0 radical (unpaired) electrons. The number of hydrogen-bond acceptors (Lipinski definition) is 2. The van der Waals surface area contributed by atoms with E-state index in [1.165, 1.54) is 0 Å². The van der Waals surface area contributed by atoms with Gasteiger partial charge in [0, 0.05) is 6.04 Å². The molecule has 0 unspecified atom stereocenters. The van der Waals surface area contributed by atoms with Gasteiger partial charge in [0.2, 0.25) is 5.91 Å². The number of rotatable bonds is 4. The number of benzene rings is 1. The largest absolute Gasteiger partial charge is 0.374 e. The molecule has 5 heteroatoms. The van der Waals surface area contributed by atoms with Crippen molar-refractivity contribution in [2.45, 2.75) is 19.9 Å². The normalized spacial score (nSPS) is 10.3. The summed E-state index contributed by atoms with van der Waals surface area (Å²) in [6.45, 7) is 3.56. The standard InChI is InChI=1S/C11H14F2N2O/c1-7(2)15-11(16)6-14-10-5-8(12)3-4-9(10)13/h3-5,7,14H,6H2,1-2H3,(H,15,16). The SMILES string of the molecule is CC(C)NC(=O)CNc1cc(F)ccc1F. The van der Waals surface area contributed by atoms with E-state index in [0.29, 0.717) is 0 Å². The first kappa shape index (κ1) is 12.4. The van der Waals surface area contributed by atoms with E-state index in [1.807, 2.05) is 13.8 Å². The highest BCUT2D eigenvalue weighted by atomic mass is 19.1. The highest BCUT2D eigenvalue weighted by Gasteiger charge is 2.06. The number of nitrogens with one attached hydrogen (secondary N) is 2. The van der Waals surface area contributed by atoms with Crippen molar-refractivity contribution in [3.05, 3.63) is 29.8 Å². The van der Waals surface area contributed by atoms with Gasteiger partial charge in [0.1, 0.15) is 11.6 Å². The fourth-order valence-electron chi connectivity index (χ4n) is 1.18. The predicted octanol–water partition coefficient (Wildman–Crippen LogP) is 1.90. The van der Waals surface area contributed by atoms with Crippen LogP contribution >= 0.6 is 0 Å². The highest BCUT2D eigenvalue weighted by molar-refractivity contribution is 5.80. The number of anilines is 1. The van der Waals surface area contributed by atoms with Crippen molar-refractivity contribution in [1.82, 2.24) is 5.32 Å². The van der Waals surface area contributed by atoms with E-state index < -0.39 is 11.6 Å². The van der Waals surface area contributed by atoms with Crippen LogP contribution in [0, 0.1) is 11.6 Å². The Morgan fingerprint density at radius 2 is 2.06 bits per heavy atom. The Morgan fingerprint density at radius 3 is 2.69 bits per heavy atom. The molecule has 0 bridgehead atoms. The maximum atomic E-state index is 13.1. The summed E-state index contributed by atoms with van der Waals surface area (Å²) in [4.78, 5) is 11.2. The fourth-order valence-corrected chi connectivity index (χ4v) is 1.18. The zero-order chi connectivity index (χ0) is 12.1. The second kappa shape index (κ2) is 5.44. The van der Waals surface area contributed by atoms with Crippen LogP contribution in [0.4, 0.5) is 14.5 Å². The van der Waals surface area contributed by atoms with Crippen molar-refractivity contribution < 1.29 is 13.6 Å². The van der Waals surface area contributed by atoms with Crippen molar-refractivity contribution >= 4 is 11.6 Å². The van der Waals surface area contributed by atoms with Crippen LogP contribution in [0.5, 0.6) is 0 Å². The highest BCUT2D eigenvalue weighted by Crippen LogP contribution is 2.14. The van der Waals surface area contributed by atoms with Gasteiger partial charge in [-0.2, -0.15) is 0 Å². The molecule has 0 saturated heterocycles. The van der Waals surface area contributed by atoms with Crippen LogP contribution in [0.25, 0.3) is 0 Å². The smallest absolute Gasteiger partial charge is 0.239 e. The predicted molar refractivity (Wildman–Crippen MR) is 58.1 cm³/mol. The van der Waals surface area contributed by atoms with Gasteiger partial charge in [0.15, 0.2) is 0 Å². The third-order valence-electron chi connectivity index (χ3n) is 1.82. The molecule has 0 heterocycles. The lowest BCUT2D eigenvalue weighted by molar-refractivity contribution is -0.119. The molecule has 1 amide bonds. The molecule has 2 N–H and O–H groups in total. The summed E-state index contributed by atoms with van der Waals surface area (Å²) in [6.07, 6.45) is 0. The molecule has 1 aromatic carbocycles. The Labute approximate surface area is 92.8 Å². The monoisotopic (exact) mass is 228 g/mol. The zero-order valence-corrected chi connectivity index (χ0v) is 9.18. The topological polar surface area (TPSA) is 41.1 Å². The summed E-state index contributed by atoms with van der Waals surface area (Å²) in [6, 6.07) is 3.07. The van der Waals surface area contributed by atoms with E-state index in [2.05, 4.69) is 10.6 Å². The zero-order valence-electron chi connectivity index (χ0n) is 9.18. The van der Waals surface area contributed by atoms with E-state index in [0.717, 1.165) is 18.2 Å². The second-order valence-electron chi connectivity index (χ2n) is 3.70. The summed E-state index contributed by atoms with van der Waals surface area (Å²) in [5.41, 5.74) is -0.0149. The van der Waals surface area contributed by atoms with E-state index in [-0.39, 0.29) is 24.2 Å². The first-order valence-corrected chi connectivity index (χ1v) is 4.97. The van der Waals surface area contributed by atoms with Gasteiger partial charge >= 0.3 is 0 Å². The molecule has 0 aromatic heterocycles. The van der Waals surface area contributed by atoms with Crippen molar-refractivity contribution in [2.24, 2.45) is 0 Å². The maximum absolute atomic E-state index is 13.1. The molecule has 0 saturated carbocycles. The van der Waals surface area contributed by atoms with Crippen molar-refractivity contribution in [1.29, 1.82) is 0 Å². The van der Waals surface area contributed by atoms with Crippen LogP contribution in [-0.2, 0) is 4.79 Å². The fraction of sp³-hybridized carbons (Fsp3) is 0.364. The Kier molecular flexibility index (Phi) is 4.22. The molecule has 0 aliphatic rings. The summed E-state index contributed by atoms with van der Waals surface area (Å²) in [5.74, 6) is -1.40. The van der Waals surface area contributed by atoms with E-state index in [4.69, 9.17) is 0 Å². The van der Waals surface area contributed by atoms with Crippen LogP contribution in [0.1, 0.15) is 13.8 Å². The van der Waals surface area contributed by atoms with Gasteiger partial charge in [-0.25, -0.2) is 8.78 Å². The second-order valence-corrected chi connectivity index (χ2v) is 3.70. The minimum atomic E-state index is -0.584. The molecular formula is C11H14F2N2O. The lowest BCUT2D eigenvalue weighted by Crippen LogP contribution is -2.34. The molecule has 0 aliphatic carbocycles. The summed E-state index contributed by atoms with van der Waals surface area (Å²) in [5, 5.41) is 5.16. The first-order chi connectivity index (χ1) is 7.49. The third kappa shape index (κ3) is 3.84. The van der Waals surface area contributed by atoms with Crippen molar-refractivity contribution in [2.75, 3.05) is 11.9 Å². The lowest BCUT2D eigenvalue weighted by atomic mass is 10.3. The number of halogens is 2. The van der Waals surface area contributed by atoms with Gasteiger partial charge in [-0.05, 0) is 32.0 Å². The minimum Gasteiger partial charge on any atom is -0.374 e. The van der Waals surface area contributed by atoms with Crippen molar-refractivity contribution in [3.8, 4) is 0 Å². The quantitative estimate of drug-likeness (QED) is 0.826. The van der Waals surface area contributed by atoms with Crippen LogP contribution < -0.4 is 10.6 Å². The Morgan fingerprint density at radius 1 is 1.38 bits per heavy atom. The van der Waals surface area contributed by atoms with Crippen LogP contribution in [-0.4, -0.2) is 18.5 Å². The van der Waals surface area contributed by atoms with E-state index in [9.17, 15) is 13.6 Å². The molecule has 88 valence electrons. The van der Waals surface area contributed by atoms with E-state index in [1.54, 1.807) is 0 Å². The molecule has 16 heavy (non-hydrogen) atoms. The van der Waals surface area contributed by atoms with Gasteiger partial charge in [-0.1, -0.05) is 0 Å². The van der Waals surface area contributed by atoms with Gasteiger partial charge in [-0.3, -0.25) is 4.79 Å². The molecule has 0 atom stereocenters. The molecule has 0 aliphatic heterocycles. The lowest BCUT2D eigenvalue weighted by Gasteiger charge is -2.10. The molecule has 1 aromatic rings. The third-order valence-corrected chi connectivity index (χ3v) is 1.82. The molecule has 3 nitrogen and oxygen atoms in total. The summed E-state index contributed by atoms with van der Waals surface area (Å²) >= 11 is 0. The number of carbonyl (C=O) groups excluding carboxylic acids is 1. The van der Waals surface area contributed by atoms with E-state index >= 15 is 0 Å². The molecular weight excluding hydrogens is 214 g/mol. The number of carbonyl (C=O) groups is 1. The average molecular weight is 228 g/mol. The number of amides is 1. The first-order valence-electron chi connectivity index (χ1n) is 4.97. The minimum absolute atomic E-state index is 0.0149. The Bertz CT molecular complexity index is 380. The Balaban J connectivity index is 2.54. The summed E-state index contributed by atoms with van der Waals surface area (Å²) < 4.78 is 25.9. The molecule has 0 fully saturated rings. The van der Waals surface area contributed by atoms with Crippen LogP contribution in [0.2, 0.25) is 0 Å². The summed E-state index contributed by atoms with van der Waals surface area (Å²) in [7, 11) is 0. The average Bonchev–Trinajstić information content (AvgIpc) is 2.18. The number of hydrogen-bond donors (Lipinski definition) is 2.